The molecule has 0 aliphatic rings. The van der Waals surface area contributed by atoms with Crippen LogP contribution in [0.3, 0.4) is 0 Å². The fourth-order valence-corrected chi connectivity index (χ4v) is 3.92. The number of pyridine rings is 2. The number of aromatic nitrogens is 4. The van der Waals surface area contributed by atoms with E-state index in [0.717, 1.165) is 12.0 Å². The lowest BCUT2D eigenvalue weighted by molar-refractivity contribution is -0.191. The van der Waals surface area contributed by atoms with Crippen LogP contribution in [-0.2, 0) is 19.1 Å². The van der Waals surface area contributed by atoms with Gasteiger partial charge in [-0.3, -0.25) is 24.4 Å². The van der Waals surface area contributed by atoms with E-state index in [-0.39, 0.29) is 54.7 Å². The van der Waals surface area contributed by atoms with Gasteiger partial charge in [0.1, 0.15) is 0 Å². The molecule has 2 unspecified atom stereocenters. The summed E-state index contributed by atoms with van der Waals surface area (Å²) >= 11 is 0. The summed E-state index contributed by atoms with van der Waals surface area (Å²) in [4.78, 5) is 71.0. The van der Waals surface area contributed by atoms with E-state index >= 15 is 0 Å². The van der Waals surface area contributed by atoms with Crippen molar-refractivity contribution >= 4 is 35.4 Å². The van der Waals surface area contributed by atoms with Crippen LogP contribution >= 0.6 is 0 Å². The Morgan fingerprint density at radius 2 is 1.50 bits per heavy atom. The Morgan fingerprint density at radius 1 is 0.925 bits per heavy atom. The zero-order chi connectivity index (χ0) is 29.5. The Bertz CT molecular complexity index is 1320. The molecule has 3 rings (SSSR count). The molecule has 0 fully saturated rings. The Labute approximate surface area is 230 Å². The van der Waals surface area contributed by atoms with E-state index in [1.54, 1.807) is 49.9 Å². The minimum absolute atomic E-state index is 0.0261. The maximum absolute atomic E-state index is 13.2. The van der Waals surface area contributed by atoms with Gasteiger partial charge in [0.15, 0.2) is 28.8 Å². The first-order valence-corrected chi connectivity index (χ1v) is 12.5. The average molecular weight is 550 g/mol. The molecule has 0 saturated heterocycles. The number of hydrogen-bond donors (Lipinski definition) is 3. The van der Waals surface area contributed by atoms with Crippen molar-refractivity contribution < 1.29 is 28.7 Å². The number of nitrogen functional groups attached to an aromatic ring is 2. The van der Waals surface area contributed by atoms with Crippen LogP contribution < -0.4 is 16.8 Å². The lowest BCUT2D eigenvalue weighted by atomic mass is 9.91. The number of Topliss-reactive ketones (excluding diaryl/α,β-unsaturated/α-hetero) is 1. The van der Waals surface area contributed by atoms with E-state index < -0.39 is 23.6 Å². The smallest absolute Gasteiger partial charge is 0.373 e. The molecular formula is C27H31N7O6. The molecule has 210 valence electrons. The summed E-state index contributed by atoms with van der Waals surface area (Å²) in [6, 6.07) is 6.84. The highest BCUT2D eigenvalue weighted by Crippen LogP contribution is 2.27. The molecule has 3 aromatic heterocycles. The van der Waals surface area contributed by atoms with Gasteiger partial charge in [0.2, 0.25) is 0 Å². The fourth-order valence-electron chi connectivity index (χ4n) is 3.92. The summed E-state index contributed by atoms with van der Waals surface area (Å²) in [6.07, 6.45) is 8.13. The van der Waals surface area contributed by atoms with Crippen LogP contribution in [0.1, 0.15) is 83.6 Å². The summed E-state index contributed by atoms with van der Waals surface area (Å²) in [5.74, 6) is -2.43. The van der Waals surface area contributed by atoms with E-state index in [2.05, 4.69) is 25.3 Å². The lowest BCUT2D eigenvalue weighted by Gasteiger charge is -2.19. The number of ketones is 1. The van der Waals surface area contributed by atoms with Crippen molar-refractivity contribution in [2.75, 3.05) is 18.1 Å². The SMILES string of the molecule is CCCC(NC(=O)c1nc(N)c(C(=O)CC(CC(=O)OCC)c2cccnc2)nc1N)c1cccnc1.O=C=O. The third-order valence-electron chi connectivity index (χ3n) is 5.70. The summed E-state index contributed by atoms with van der Waals surface area (Å²) in [7, 11) is 0. The van der Waals surface area contributed by atoms with Crippen LogP contribution in [0.4, 0.5) is 11.6 Å². The quantitative estimate of drug-likeness (QED) is 0.220. The van der Waals surface area contributed by atoms with E-state index in [4.69, 9.17) is 25.8 Å². The molecular weight excluding hydrogens is 518 g/mol. The summed E-state index contributed by atoms with van der Waals surface area (Å²) in [5.41, 5.74) is 13.3. The van der Waals surface area contributed by atoms with Gasteiger partial charge in [-0.15, -0.1) is 0 Å². The van der Waals surface area contributed by atoms with Gasteiger partial charge < -0.3 is 21.5 Å². The maximum atomic E-state index is 13.2. The average Bonchev–Trinajstić information content (AvgIpc) is 2.95. The number of ether oxygens (including phenoxy) is 1. The molecule has 0 bridgehead atoms. The minimum atomic E-state index is -0.562. The zero-order valence-electron chi connectivity index (χ0n) is 22.2. The number of rotatable bonds is 12. The number of nitrogens with zero attached hydrogens (tertiary/aromatic N) is 4. The van der Waals surface area contributed by atoms with Gasteiger partial charge in [0.25, 0.3) is 5.91 Å². The molecule has 3 heterocycles. The Hall–Kier alpha value is -5.03. The highest BCUT2D eigenvalue weighted by atomic mass is 16.5. The van der Waals surface area contributed by atoms with Crippen LogP contribution in [0.5, 0.6) is 0 Å². The van der Waals surface area contributed by atoms with Gasteiger partial charge in [-0.2, -0.15) is 9.59 Å². The van der Waals surface area contributed by atoms with Gasteiger partial charge in [0.05, 0.1) is 19.1 Å². The van der Waals surface area contributed by atoms with E-state index in [1.807, 2.05) is 13.0 Å². The topological polar surface area (TPSA) is 210 Å². The second-order valence-electron chi connectivity index (χ2n) is 8.50. The Balaban J connectivity index is 0.00000178. The van der Waals surface area contributed by atoms with Crippen molar-refractivity contribution in [3.63, 3.8) is 0 Å². The molecule has 5 N–H and O–H groups in total. The third kappa shape index (κ3) is 9.07. The summed E-state index contributed by atoms with van der Waals surface area (Å²) in [6.45, 7) is 3.94. The highest BCUT2D eigenvalue weighted by Gasteiger charge is 2.26. The molecule has 0 aromatic carbocycles. The molecule has 0 saturated carbocycles. The number of amides is 1. The van der Waals surface area contributed by atoms with Crippen molar-refractivity contribution in [3.05, 3.63) is 71.6 Å². The van der Waals surface area contributed by atoms with Crippen molar-refractivity contribution in [3.8, 4) is 0 Å². The van der Waals surface area contributed by atoms with Crippen LogP contribution in [-0.4, -0.2) is 50.4 Å². The van der Waals surface area contributed by atoms with E-state index in [0.29, 0.717) is 12.0 Å². The lowest BCUT2D eigenvalue weighted by Crippen LogP contribution is -2.31. The first-order chi connectivity index (χ1) is 19.2. The number of carbonyl (C=O) groups is 3. The number of esters is 1. The number of nitrogens with one attached hydrogen (secondary N) is 1. The number of hydrogen-bond acceptors (Lipinski definition) is 12. The maximum Gasteiger partial charge on any atom is 0.373 e. The number of nitrogens with two attached hydrogens (primary N) is 2. The molecule has 2 atom stereocenters. The summed E-state index contributed by atoms with van der Waals surface area (Å²) in [5, 5.41) is 2.89. The Kier molecular flexibility index (Phi) is 12.5. The largest absolute Gasteiger partial charge is 0.466 e. The van der Waals surface area contributed by atoms with Gasteiger partial charge >= 0.3 is 12.1 Å². The highest BCUT2D eigenvalue weighted by molar-refractivity contribution is 6.02. The van der Waals surface area contributed by atoms with Crippen molar-refractivity contribution in [2.45, 2.75) is 51.5 Å². The number of anilines is 2. The second-order valence-corrected chi connectivity index (χ2v) is 8.50. The number of carbonyl (C=O) groups excluding carboxylic acids is 5. The van der Waals surface area contributed by atoms with Crippen molar-refractivity contribution in [1.29, 1.82) is 0 Å². The van der Waals surface area contributed by atoms with Crippen LogP contribution in [0.15, 0.2) is 49.1 Å². The molecule has 0 aliphatic heterocycles. The predicted molar refractivity (Wildman–Crippen MR) is 142 cm³/mol. The standard InChI is InChI=1S/C26H31N7O4.CO2/c1-3-7-19(17-9-6-11-30-15-17)31-26(36)23-25(28)32-22(24(27)33-23)20(34)12-18(13-21(35)37-4-2)16-8-5-10-29-14-16;2-1-3/h5-6,8-11,14-15,18-19H,3-4,7,12-13H2,1-2H3,(H2,27,33)(H2,28,32)(H,31,36);. The van der Waals surface area contributed by atoms with Crippen LogP contribution in [0, 0.1) is 0 Å². The molecule has 0 spiro atoms. The van der Waals surface area contributed by atoms with E-state index in [1.165, 1.54) is 0 Å². The first kappa shape index (κ1) is 31.2. The van der Waals surface area contributed by atoms with Crippen molar-refractivity contribution in [1.82, 2.24) is 25.3 Å². The zero-order valence-corrected chi connectivity index (χ0v) is 22.2. The molecule has 3 aromatic rings. The molecule has 0 aliphatic carbocycles. The van der Waals surface area contributed by atoms with Crippen LogP contribution in [0.25, 0.3) is 0 Å². The Morgan fingerprint density at radius 3 is 2.05 bits per heavy atom. The van der Waals surface area contributed by atoms with Gasteiger partial charge in [0, 0.05) is 37.1 Å². The summed E-state index contributed by atoms with van der Waals surface area (Å²) < 4.78 is 5.06. The van der Waals surface area contributed by atoms with E-state index in [9.17, 15) is 14.4 Å². The van der Waals surface area contributed by atoms with Crippen molar-refractivity contribution in [2.24, 2.45) is 0 Å². The molecule has 13 heteroatoms. The molecule has 40 heavy (non-hydrogen) atoms. The normalized spacial score (nSPS) is 11.7. The third-order valence-corrected chi connectivity index (χ3v) is 5.70. The van der Waals surface area contributed by atoms with Gasteiger partial charge in [-0.1, -0.05) is 25.5 Å². The molecule has 1 amide bonds. The fraction of sp³-hybridized carbons (Fsp3) is 0.333. The predicted octanol–water partition coefficient (Wildman–Crippen LogP) is 2.43. The minimum Gasteiger partial charge on any atom is -0.466 e. The molecule has 13 nitrogen and oxygen atoms in total. The first-order valence-electron chi connectivity index (χ1n) is 12.5. The monoisotopic (exact) mass is 549 g/mol. The van der Waals surface area contributed by atoms with Gasteiger partial charge in [-0.05, 0) is 36.6 Å². The van der Waals surface area contributed by atoms with Gasteiger partial charge in [-0.25, -0.2) is 9.97 Å². The second kappa shape index (κ2) is 16.0. The van der Waals surface area contributed by atoms with Crippen LogP contribution in [0.2, 0.25) is 0 Å². The molecule has 0 radical (unpaired) electrons.